The Balaban J connectivity index is 1.70. The molecule has 0 spiro atoms. The van der Waals surface area contributed by atoms with Crippen molar-refractivity contribution in [3.8, 4) is 0 Å². The van der Waals surface area contributed by atoms with E-state index in [-0.39, 0.29) is 35.4 Å². The molecule has 3 rings (SSSR count). The quantitative estimate of drug-likeness (QED) is 0.788. The lowest BCUT2D eigenvalue weighted by atomic mass is 9.82. The molecule has 0 atom stereocenters. The van der Waals surface area contributed by atoms with Crippen molar-refractivity contribution < 1.29 is 27.5 Å². The van der Waals surface area contributed by atoms with Gasteiger partial charge in [-0.05, 0) is 43.7 Å². The molecule has 27 heavy (non-hydrogen) atoms. The molecule has 0 bridgehead atoms. The molecule has 0 aliphatic heterocycles. The zero-order chi connectivity index (χ0) is 19.6. The van der Waals surface area contributed by atoms with E-state index >= 15 is 0 Å². The van der Waals surface area contributed by atoms with Gasteiger partial charge in [-0.15, -0.1) is 0 Å². The summed E-state index contributed by atoms with van der Waals surface area (Å²) in [5.74, 6) is -0.977. The molecule has 1 saturated carbocycles. The van der Waals surface area contributed by atoms with Crippen LogP contribution in [0, 0.1) is 11.8 Å². The Kier molecular flexibility index (Phi) is 5.43. The molecule has 0 radical (unpaired) electrons. The number of nitrogens with one attached hydrogen (secondary N) is 2. The summed E-state index contributed by atoms with van der Waals surface area (Å²) in [4.78, 5) is 26.9. The average molecular weight is 382 g/mol. The van der Waals surface area contributed by atoms with Gasteiger partial charge >= 0.3 is 12.1 Å². The van der Waals surface area contributed by atoms with Gasteiger partial charge in [0.15, 0.2) is 0 Å². The number of amides is 1. The van der Waals surface area contributed by atoms with E-state index in [9.17, 15) is 22.8 Å². The van der Waals surface area contributed by atoms with E-state index in [1.54, 1.807) is 6.07 Å². The van der Waals surface area contributed by atoms with Crippen molar-refractivity contribution in [1.29, 1.82) is 0 Å². The Labute approximate surface area is 154 Å². The summed E-state index contributed by atoms with van der Waals surface area (Å²) in [5, 5.41) is 3.19. The molecule has 0 saturated heterocycles. The summed E-state index contributed by atoms with van der Waals surface area (Å²) in [6.45, 7) is 0.279. The minimum atomic E-state index is -4.62. The minimum Gasteiger partial charge on any atom is -0.469 e. The van der Waals surface area contributed by atoms with Crippen LogP contribution in [0.3, 0.4) is 0 Å². The van der Waals surface area contributed by atoms with Gasteiger partial charge in [0.25, 0.3) is 5.91 Å². The Bertz CT molecular complexity index is 836. The lowest BCUT2D eigenvalue weighted by molar-refractivity contribution is -0.146. The van der Waals surface area contributed by atoms with E-state index in [1.165, 1.54) is 19.4 Å². The second kappa shape index (κ2) is 7.62. The largest absolute Gasteiger partial charge is 0.469 e. The standard InChI is InChI=1S/C19H21F3N2O3/c1-27-18(26)13-4-2-11(3-5-13)10-24-17(25)15-14(19(20,21)22)7-6-12-8-9-23-16(12)15/h6-9,11,13,23H,2-5,10H2,1H3,(H,24,25). The number of carbonyl (C=O) groups excluding carboxylic acids is 2. The van der Waals surface area contributed by atoms with Gasteiger partial charge in [0.05, 0.1) is 29.7 Å². The van der Waals surface area contributed by atoms with Gasteiger partial charge < -0.3 is 15.0 Å². The second-order valence-electron chi connectivity index (χ2n) is 6.88. The van der Waals surface area contributed by atoms with Crippen molar-refractivity contribution in [1.82, 2.24) is 10.3 Å². The molecule has 2 aromatic rings. The van der Waals surface area contributed by atoms with Gasteiger partial charge in [0.2, 0.25) is 0 Å². The summed E-state index contributed by atoms with van der Waals surface area (Å²) < 4.78 is 44.8. The SMILES string of the molecule is COC(=O)C1CCC(CNC(=O)c2c(C(F)(F)F)ccc3cc[nH]c23)CC1. The van der Waals surface area contributed by atoms with E-state index < -0.39 is 17.6 Å². The fourth-order valence-electron chi connectivity index (χ4n) is 3.69. The molecule has 5 nitrogen and oxygen atoms in total. The van der Waals surface area contributed by atoms with Gasteiger partial charge in [0, 0.05) is 18.1 Å². The van der Waals surface area contributed by atoms with E-state index in [1.807, 2.05) is 0 Å². The number of methoxy groups -OCH3 is 1. The number of aromatic amines is 1. The molecule has 1 aromatic carbocycles. The number of H-pyrrole nitrogens is 1. The Hall–Kier alpha value is -2.51. The molecule has 8 heteroatoms. The number of alkyl halides is 3. The first-order chi connectivity index (χ1) is 12.8. The number of hydrogen-bond donors (Lipinski definition) is 2. The highest BCUT2D eigenvalue weighted by molar-refractivity contribution is 6.07. The third-order valence-electron chi connectivity index (χ3n) is 5.19. The first kappa shape index (κ1) is 19.3. The Morgan fingerprint density at radius 3 is 2.52 bits per heavy atom. The van der Waals surface area contributed by atoms with Crippen LogP contribution >= 0.6 is 0 Å². The lowest BCUT2D eigenvalue weighted by Crippen LogP contribution is -2.33. The fourth-order valence-corrected chi connectivity index (χ4v) is 3.69. The predicted molar refractivity (Wildman–Crippen MR) is 93.1 cm³/mol. The Morgan fingerprint density at radius 2 is 1.89 bits per heavy atom. The van der Waals surface area contributed by atoms with Crippen LogP contribution in [0.4, 0.5) is 13.2 Å². The van der Waals surface area contributed by atoms with Gasteiger partial charge in [-0.2, -0.15) is 13.2 Å². The fraction of sp³-hybridized carbons (Fsp3) is 0.474. The first-order valence-corrected chi connectivity index (χ1v) is 8.84. The number of ether oxygens (including phenoxy) is 1. The maximum atomic E-state index is 13.4. The average Bonchev–Trinajstić information content (AvgIpc) is 3.13. The summed E-state index contributed by atoms with van der Waals surface area (Å²) in [7, 11) is 1.36. The first-order valence-electron chi connectivity index (χ1n) is 8.84. The van der Waals surface area contributed by atoms with Crippen molar-refractivity contribution in [2.45, 2.75) is 31.9 Å². The van der Waals surface area contributed by atoms with Gasteiger partial charge in [-0.3, -0.25) is 9.59 Å². The van der Waals surface area contributed by atoms with Crippen LogP contribution in [0.15, 0.2) is 24.4 Å². The third-order valence-corrected chi connectivity index (χ3v) is 5.19. The maximum Gasteiger partial charge on any atom is 0.417 e. The molecule has 1 heterocycles. The molecule has 1 amide bonds. The highest BCUT2D eigenvalue weighted by Crippen LogP contribution is 2.35. The van der Waals surface area contributed by atoms with Crippen LogP contribution in [-0.2, 0) is 15.7 Å². The molecular formula is C19H21F3N2O3. The lowest BCUT2D eigenvalue weighted by Gasteiger charge is -2.27. The van der Waals surface area contributed by atoms with E-state index in [2.05, 4.69) is 10.3 Å². The van der Waals surface area contributed by atoms with Crippen LogP contribution in [0.5, 0.6) is 0 Å². The normalized spacial score (nSPS) is 20.4. The maximum absolute atomic E-state index is 13.4. The molecular weight excluding hydrogens is 361 g/mol. The van der Waals surface area contributed by atoms with Gasteiger partial charge in [-0.25, -0.2) is 0 Å². The predicted octanol–water partition coefficient (Wildman–Crippen LogP) is 3.90. The number of fused-ring (bicyclic) bond motifs is 1. The van der Waals surface area contributed by atoms with Gasteiger partial charge in [0.1, 0.15) is 0 Å². The van der Waals surface area contributed by atoms with Crippen LogP contribution < -0.4 is 5.32 Å². The molecule has 146 valence electrons. The highest BCUT2D eigenvalue weighted by atomic mass is 19.4. The number of hydrogen-bond acceptors (Lipinski definition) is 3. The van der Waals surface area contributed by atoms with E-state index in [0.29, 0.717) is 18.2 Å². The number of benzene rings is 1. The second-order valence-corrected chi connectivity index (χ2v) is 6.88. The number of halogens is 3. The summed E-state index contributed by atoms with van der Waals surface area (Å²) >= 11 is 0. The topological polar surface area (TPSA) is 71.2 Å². The third kappa shape index (κ3) is 4.09. The van der Waals surface area contributed by atoms with Crippen LogP contribution in [0.2, 0.25) is 0 Å². The van der Waals surface area contributed by atoms with Gasteiger partial charge in [-0.1, -0.05) is 6.07 Å². The molecule has 1 aromatic heterocycles. The van der Waals surface area contributed by atoms with Crippen molar-refractivity contribution in [2.75, 3.05) is 13.7 Å². The van der Waals surface area contributed by atoms with Crippen molar-refractivity contribution in [3.63, 3.8) is 0 Å². The van der Waals surface area contributed by atoms with Crippen LogP contribution in [0.25, 0.3) is 10.9 Å². The summed E-state index contributed by atoms with van der Waals surface area (Å²) in [5.41, 5.74) is -1.16. The molecule has 2 N–H and O–H groups in total. The molecule has 1 aliphatic rings. The minimum absolute atomic E-state index is 0.132. The monoisotopic (exact) mass is 382 g/mol. The van der Waals surface area contributed by atoms with E-state index in [4.69, 9.17) is 4.74 Å². The van der Waals surface area contributed by atoms with Crippen molar-refractivity contribution in [2.24, 2.45) is 11.8 Å². The van der Waals surface area contributed by atoms with Crippen molar-refractivity contribution >= 4 is 22.8 Å². The molecule has 0 unspecified atom stereocenters. The molecule has 1 fully saturated rings. The number of aromatic nitrogens is 1. The van der Waals surface area contributed by atoms with E-state index in [0.717, 1.165) is 18.9 Å². The number of rotatable bonds is 4. The highest BCUT2D eigenvalue weighted by Gasteiger charge is 2.36. The number of esters is 1. The van der Waals surface area contributed by atoms with Crippen LogP contribution in [0.1, 0.15) is 41.6 Å². The Morgan fingerprint density at radius 1 is 1.19 bits per heavy atom. The van der Waals surface area contributed by atoms with Crippen LogP contribution in [-0.4, -0.2) is 30.5 Å². The zero-order valence-corrected chi connectivity index (χ0v) is 14.9. The van der Waals surface area contributed by atoms with Crippen molar-refractivity contribution in [3.05, 3.63) is 35.5 Å². The number of carbonyl (C=O) groups is 2. The summed E-state index contributed by atoms with van der Waals surface area (Å²) in [6.07, 6.45) is -0.349. The summed E-state index contributed by atoms with van der Waals surface area (Å²) in [6, 6.07) is 3.91. The smallest absolute Gasteiger partial charge is 0.417 e. The molecule has 1 aliphatic carbocycles. The zero-order valence-electron chi connectivity index (χ0n) is 14.9.